The lowest BCUT2D eigenvalue weighted by Gasteiger charge is -2.19. The normalized spacial score (nSPS) is 12.4. The summed E-state index contributed by atoms with van der Waals surface area (Å²) in [5, 5.41) is 6.31. The SMILES string of the molecule is O=C(/C=C/c1ccccc1)NC(COc1ccc(-c2noc(C(F)(F)F)n2)cc1)c1ccccc1. The van der Waals surface area contributed by atoms with E-state index in [1.54, 1.807) is 18.2 Å². The molecule has 9 heteroatoms. The van der Waals surface area contributed by atoms with Gasteiger partial charge in [0.05, 0.1) is 6.04 Å². The Morgan fingerprint density at radius 1 is 0.971 bits per heavy atom. The molecular formula is C26H20F3N3O3. The number of halogens is 3. The van der Waals surface area contributed by atoms with E-state index in [0.29, 0.717) is 11.3 Å². The van der Waals surface area contributed by atoms with Crippen molar-refractivity contribution in [2.24, 2.45) is 0 Å². The largest absolute Gasteiger partial charge is 0.491 e. The molecule has 0 saturated carbocycles. The van der Waals surface area contributed by atoms with Crippen molar-refractivity contribution < 1.29 is 27.2 Å². The summed E-state index contributed by atoms with van der Waals surface area (Å²) in [5.74, 6) is -1.40. The molecule has 0 aliphatic rings. The second-order valence-electron chi connectivity index (χ2n) is 7.47. The maximum Gasteiger partial charge on any atom is 0.471 e. The average Bonchev–Trinajstić information content (AvgIpc) is 3.38. The highest BCUT2D eigenvalue weighted by Gasteiger charge is 2.38. The molecule has 0 spiro atoms. The summed E-state index contributed by atoms with van der Waals surface area (Å²) in [6, 6.07) is 24.6. The van der Waals surface area contributed by atoms with E-state index in [4.69, 9.17) is 4.74 Å². The molecule has 0 aliphatic carbocycles. The Hall–Kier alpha value is -4.40. The van der Waals surface area contributed by atoms with Gasteiger partial charge < -0.3 is 14.6 Å². The van der Waals surface area contributed by atoms with Gasteiger partial charge in [-0.3, -0.25) is 4.79 Å². The van der Waals surface area contributed by atoms with Gasteiger partial charge in [-0.15, -0.1) is 0 Å². The minimum atomic E-state index is -4.71. The van der Waals surface area contributed by atoms with E-state index in [2.05, 4.69) is 20.0 Å². The van der Waals surface area contributed by atoms with Gasteiger partial charge in [-0.25, -0.2) is 0 Å². The van der Waals surface area contributed by atoms with Crippen LogP contribution in [0.2, 0.25) is 0 Å². The second-order valence-corrected chi connectivity index (χ2v) is 7.47. The molecule has 1 N–H and O–H groups in total. The fraction of sp³-hybridized carbons (Fsp3) is 0.115. The Bertz CT molecular complexity index is 1270. The fourth-order valence-corrected chi connectivity index (χ4v) is 3.20. The van der Waals surface area contributed by atoms with E-state index in [1.807, 2.05) is 60.7 Å². The molecule has 4 rings (SSSR count). The van der Waals surface area contributed by atoms with Gasteiger partial charge in [0.2, 0.25) is 11.7 Å². The number of ether oxygens (including phenoxy) is 1. The average molecular weight is 479 g/mol. The molecular weight excluding hydrogens is 459 g/mol. The molecule has 0 aliphatic heterocycles. The Morgan fingerprint density at radius 2 is 1.63 bits per heavy atom. The first kappa shape index (κ1) is 23.7. The number of benzene rings is 3. The molecule has 35 heavy (non-hydrogen) atoms. The van der Waals surface area contributed by atoms with Gasteiger partial charge in [-0.2, -0.15) is 18.2 Å². The van der Waals surface area contributed by atoms with E-state index >= 15 is 0 Å². The second kappa shape index (κ2) is 10.7. The molecule has 1 aromatic heterocycles. The van der Waals surface area contributed by atoms with Gasteiger partial charge in [0.1, 0.15) is 12.4 Å². The maximum atomic E-state index is 12.7. The van der Waals surface area contributed by atoms with Crippen molar-refractivity contribution in [3.05, 3.63) is 108 Å². The third kappa shape index (κ3) is 6.57. The molecule has 0 saturated heterocycles. The lowest BCUT2D eigenvalue weighted by Crippen LogP contribution is -2.31. The lowest BCUT2D eigenvalue weighted by molar-refractivity contribution is -0.159. The topological polar surface area (TPSA) is 77.2 Å². The van der Waals surface area contributed by atoms with Gasteiger partial charge in [-0.1, -0.05) is 65.8 Å². The van der Waals surface area contributed by atoms with Crippen LogP contribution in [-0.2, 0) is 11.0 Å². The van der Waals surface area contributed by atoms with E-state index in [0.717, 1.165) is 11.1 Å². The van der Waals surface area contributed by atoms with E-state index < -0.39 is 18.1 Å². The van der Waals surface area contributed by atoms with Gasteiger partial charge in [-0.05, 0) is 41.5 Å². The van der Waals surface area contributed by atoms with Gasteiger partial charge in [0, 0.05) is 11.6 Å². The highest BCUT2D eigenvalue weighted by Crippen LogP contribution is 2.30. The zero-order valence-corrected chi connectivity index (χ0v) is 18.3. The molecule has 1 amide bonds. The minimum absolute atomic E-state index is 0.134. The number of hydrogen-bond acceptors (Lipinski definition) is 5. The van der Waals surface area contributed by atoms with Crippen LogP contribution in [0.25, 0.3) is 17.5 Å². The number of carbonyl (C=O) groups excluding carboxylic acids is 1. The van der Waals surface area contributed by atoms with Crippen LogP contribution in [0, 0.1) is 0 Å². The smallest absolute Gasteiger partial charge is 0.471 e. The van der Waals surface area contributed by atoms with E-state index in [9.17, 15) is 18.0 Å². The number of nitrogens with one attached hydrogen (secondary N) is 1. The molecule has 0 bridgehead atoms. The van der Waals surface area contributed by atoms with E-state index in [1.165, 1.54) is 18.2 Å². The number of aromatic nitrogens is 2. The van der Waals surface area contributed by atoms with Crippen molar-refractivity contribution >= 4 is 12.0 Å². The van der Waals surface area contributed by atoms with Crippen LogP contribution in [-0.4, -0.2) is 22.7 Å². The van der Waals surface area contributed by atoms with Crippen LogP contribution in [0.3, 0.4) is 0 Å². The summed E-state index contributed by atoms with van der Waals surface area (Å²) >= 11 is 0. The number of alkyl halides is 3. The molecule has 1 heterocycles. The standard InChI is InChI=1S/C26H20F3N3O3/c27-26(28,29)25-31-24(32-35-25)20-12-14-21(15-13-20)34-17-22(19-9-5-2-6-10-19)30-23(33)16-11-18-7-3-1-4-8-18/h1-16,22H,17H2,(H,30,33)/b16-11+. The van der Waals surface area contributed by atoms with Crippen LogP contribution in [0.15, 0.2) is 95.5 Å². The Morgan fingerprint density at radius 3 is 2.26 bits per heavy atom. The van der Waals surface area contributed by atoms with Crippen molar-refractivity contribution in [2.75, 3.05) is 6.61 Å². The predicted octanol–water partition coefficient (Wildman–Crippen LogP) is 5.71. The van der Waals surface area contributed by atoms with Crippen LogP contribution < -0.4 is 10.1 Å². The Labute approximate surface area is 199 Å². The summed E-state index contributed by atoms with van der Waals surface area (Å²) < 4.78 is 48.1. The predicted molar refractivity (Wildman–Crippen MR) is 123 cm³/mol. The minimum Gasteiger partial charge on any atom is -0.491 e. The van der Waals surface area contributed by atoms with Crippen molar-refractivity contribution in [2.45, 2.75) is 12.2 Å². The highest BCUT2D eigenvalue weighted by atomic mass is 19.4. The molecule has 0 radical (unpaired) electrons. The number of nitrogens with zero attached hydrogens (tertiary/aromatic N) is 2. The number of hydrogen-bond donors (Lipinski definition) is 1. The molecule has 4 aromatic rings. The molecule has 0 fully saturated rings. The fourth-order valence-electron chi connectivity index (χ4n) is 3.20. The third-order valence-corrected chi connectivity index (χ3v) is 4.94. The number of rotatable bonds is 8. The van der Waals surface area contributed by atoms with Crippen molar-refractivity contribution in [1.29, 1.82) is 0 Å². The number of amides is 1. The summed E-state index contributed by atoms with van der Waals surface area (Å²) in [6.45, 7) is 0.134. The van der Waals surface area contributed by atoms with Gasteiger partial charge in [0.25, 0.3) is 0 Å². The summed E-state index contributed by atoms with van der Waals surface area (Å²) in [4.78, 5) is 15.9. The number of carbonyl (C=O) groups is 1. The zero-order chi connectivity index (χ0) is 24.7. The van der Waals surface area contributed by atoms with Crippen molar-refractivity contribution in [3.63, 3.8) is 0 Å². The van der Waals surface area contributed by atoms with Crippen LogP contribution in [0.5, 0.6) is 5.75 Å². The molecule has 178 valence electrons. The highest BCUT2D eigenvalue weighted by molar-refractivity contribution is 5.92. The maximum absolute atomic E-state index is 12.7. The quantitative estimate of drug-likeness (QED) is 0.328. The molecule has 6 nitrogen and oxygen atoms in total. The Balaban J connectivity index is 1.42. The summed E-state index contributed by atoms with van der Waals surface area (Å²) in [6.07, 6.45) is -1.53. The monoisotopic (exact) mass is 479 g/mol. The Kier molecular flexibility index (Phi) is 7.25. The summed E-state index contributed by atoms with van der Waals surface area (Å²) in [5.41, 5.74) is 2.10. The van der Waals surface area contributed by atoms with Crippen LogP contribution in [0.4, 0.5) is 13.2 Å². The third-order valence-electron chi connectivity index (χ3n) is 4.94. The molecule has 1 atom stereocenters. The first-order valence-corrected chi connectivity index (χ1v) is 10.6. The van der Waals surface area contributed by atoms with E-state index in [-0.39, 0.29) is 18.3 Å². The first-order valence-electron chi connectivity index (χ1n) is 10.6. The lowest BCUT2D eigenvalue weighted by atomic mass is 10.1. The first-order chi connectivity index (χ1) is 16.9. The van der Waals surface area contributed by atoms with Crippen molar-refractivity contribution in [1.82, 2.24) is 15.5 Å². The van der Waals surface area contributed by atoms with Gasteiger partial charge >= 0.3 is 12.1 Å². The van der Waals surface area contributed by atoms with Crippen LogP contribution in [0.1, 0.15) is 23.1 Å². The zero-order valence-electron chi connectivity index (χ0n) is 18.3. The summed E-state index contributed by atoms with van der Waals surface area (Å²) in [7, 11) is 0. The van der Waals surface area contributed by atoms with Crippen molar-refractivity contribution in [3.8, 4) is 17.1 Å². The molecule has 1 unspecified atom stereocenters. The molecule has 3 aromatic carbocycles. The van der Waals surface area contributed by atoms with Gasteiger partial charge in [0.15, 0.2) is 0 Å². The van der Waals surface area contributed by atoms with Crippen LogP contribution >= 0.6 is 0 Å².